The normalized spacial score (nSPS) is 14.2. The molecule has 0 aliphatic carbocycles. The van der Waals surface area contributed by atoms with Gasteiger partial charge in [0.1, 0.15) is 5.75 Å². The van der Waals surface area contributed by atoms with Crippen molar-refractivity contribution in [1.29, 1.82) is 0 Å². The fourth-order valence-corrected chi connectivity index (χ4v) is 1.33. The SMILES string of the molecule is COc1ccc(N)c(NC(C)C(C)CO)c1. The van der Waals surface area contributed by atoms with Crippen LogP contribution in [0, 0.1) is 5.92 Å². The van der Waals surface area contributed by atoms with Crippen LogP contribution < -0.4 is 15.8 Å². The van der Waals surface area contributed by atoms with E-state index in [1.165, 1.54) is 0 Å². The Morgan fingerprint density at radius 3 is 2.69 bits per heavy atom. The zero-order valence-corrected chi connectivity index (χ0v) is 10.0. The molecule has 16 heavy (non-hydrogen) atoms. The van der Waals surface area contributed by atoms with E-state index in [0.29, 0.717) is 5.69 Å². The third-order valence-electron chi connectivity index (χ3n) is 2.79. The van der Waals surface area contributed by atoms with E-state index in [2.05, 4.69) is 5.32 Å². The van der Waals surface area contributed by atoms with E-state index in [1.807, 2.05) is 26.0 Å². The Morgan fingerprint density at radius 2 is 2.12 bits per heavy atom. The molecule has 2 atom stereocenters. The number of hydrogen-bond donors (Lipinski definition) is 3. The number of nitrogen functional groups attached to an aromatic ring is 1. The lowest BCUT2D eigenvalue weighted by molar-refractivity contribution is 0.226. The first kappa shape index (κ1) is 12.6. The van der Waals surface area contributed by atoms with Crippen molar-refractivity contribution in [1.82, 2.24) is 0 Å². The maximum Gasteiger partial charge on any atom is 0.121 e. The summed E-state index contributed by atoms with van der Waals surface area (Å²) in [5.41, 5.74) is 7.37. The molecular formula is C12H20N2O2. The number of nitrogens with one attached hydrogen (secondary N) is 1. The predicted molar refractivity (Wildman–Crippen MR) is 66.7 cm³/mol. The van der Waals surface area contributed by atoms with Crippen LogP contribution in [0.25, 0.3) is 0 Å². The summed E-state index contributed by atoms with van der Waals surface area (Å²) in [5.74, 6) is 0.936. The standard InChI is InChI=1S/C12H20N2O2/c1-8(7-15)9(2)14-12-6-10(16-3)4-5-11(12)13/h4-6,8-9,14-15H,7,13H2,1-3H3. The molecule has 1 aromatic rings. The van der Waals surface area contributed by atoms with Gasteiger partial charge >= 0.3 is 0 Å². The lowest BCUT2D eigenvalue weighted by Crippen LogP contribution is -2.26. The van der Waals surface area contributed by atoms with Crippen molar-refractivity contribution in [2.45, 2.75) is 19.9 Å². The molecule has 0 spiro atoms. The van der Waals surface area contributed by atoms with Gasteiger partial charge in [0, 0.05) is 18.7 Å². The quantitative estimate of drug-likeness (QED) is 0.666. The van der Waals surface area contributed by atoms with Crippen LogP contribution in [0.2, 0.25) is 0 Å². The molecular weight excluding hydrogens is 204 g/mol. The number of nitrogens with two attached hydrogens (primary N) is 1. The lowest BCUT2D eigenvalue weighted by atomic mass is 10.0. The Hall–Kier alpha value is -1.42. The van der Waals surface area contributed by atoms with Crippen LogP contribution in [-0.4, -0.2) is 24.9 Å². The molecule has 4 nitrogen and oxygen atoms in total. The summed E-state index contributed by atoms with van der Waals surface area (Å²) in [6, 6.07) is 5.63. The van der Waals surface area contributed by atoms with Gasteiger partial charge in [-0.3, -0.25) is 0 Å². The van der Waals surface area contributed by atoms with Crippen molar-refractivity contribution in [2.24, 2.45) is 5.92 Å². The van der Waals surface area contributed by atoms with E-state index >= 15 is 0 Å². The van der Waals surface area contributed by atoms with Crippen LogP contribution in [0.1, 0.15) is 13.8 Å². The summed E-state index contributed by atoms with van der Waals surface area (Å²) in [5, 5.41) is 12.3. The summed E-state index contributed by atoms with van der Waals surface area (Å²) in [6.07, 6.45) is 0. The van der Waals surface area contributed by atoms with Gasteiger partial charge in [0.25, 0.3) is 0 Å². The van der Waals surface area contributed by atoms with Crippen molar-refractivity contribution in [3.8, 4) is 5.75 Å². The molecule has 0 amide bonds. The van der Waals surface area contributed by atoms with Crippen LogP contribution in [-0.2, 0) is 0 Å². The highest BCUT2D eigenvalue weighted by atomic mass is 16.5. The molecule has 0 aliphatic rings. The molecule has 0 saturated carbocycles. The fourth-order valence-electron chi connectivity index (χ4n) is 1.33. The molecule has 1 rings (SSSR count). The second-order valence-corrected chi connectivity index (χ2v) is 4.05. The van der Waals surface area contributed by atoms with Gasteiger partial charge in [0.2, 0.25) is 0 Å². The lowest BCUT2D eigenvalue weighted by Gasteiger charge is -2.21. The first-order chi connectivity index (χ1) is 7.58. The molecule has 4 N–H and O–H groups in total. The van der Waals surface area contributed by atoms with Crippen LogP contribution >= 0.6 is 0 Å². The molecule has 1 aromatic carbocycles. The summed E-state index contributed by atoms with van der Waals surface area (Å²) in [6.45, 7) is 4.14. The van der Waals surface area contributed by atoms with E-state index in [4.69, 9.17) is 15.6 Å². The highest BCUT2D eigenvalue weighted by Gasteiger charge is 2.12. The number of anilines is 2. The first-order valence-corrected chi connectivity index (χ1v) is 5.39. The molecule has 0 fully saturated rings. The molecule has 0 aromatic heterocycles. The van der Waals surface area contributed by atoms with E-state index in [9.17, 15) is 0 Å². The van der Waals surface area contributed by atoms with Crippen LogP contribution in [0.15, 0.2) is 18.2 Å². The van der Waals surface area contributed by atoms with E-state index in [0.717, 1.165) is 11.4 Å². The zero-order valence-electron chi connectivity index (χ0n) is 10.0. The van der Waals surface area contributed by atoms with Gasteiger partial charge in [-0.1, -0.05) is 6.92 Å². The highest BCUT2D eigenvalue weighted by molar-refractivity contribution is 5.68. The van der Waals surface area contributed by atoms with Crippen LogP contribution in [0.4, 0.5) is 11.4 Å². The molecule has 4 heteroatoms. The van der Waals surface area contributed by atoms with Gasteiger partial charge in [0.05, 0.1) is 18.5 Å². The molecule has 0 bridgehead atoms. The summed E-state index contributed by atoms with van der Waals surface area (Å²) >= 11 is 0. The molecule has 2 unspecified atom stereocenters. The van der Waals surface area contributed by atoms with Crippen molar-refractivity contribution in [3.63, 3.8) is 0 Å². The number of ether oxygens (including phenoxy) is 1. The van der Waals surface area contributed by atoms with Crippen molar-refractivity contribution >= 4 is 11.4 Å². The largest absolute Gasteiger partial charge is 0.497 e. The number of rotatable bonds is 5. The van der Waals surface area contributed by atoms with Crippen molar-refractivity contribution in [3.05, 3.63) is 18.2 Å². The molecule has 90 valence electrons. The first-order valence-electron chi connectivity index (χ1n) is 5.39. The predicted octanol–water partition coefficient (Wildman–Crippen LogP) is 1.71. The molecule has 0 aliphatic heterocycles. The van der Waals surface area contributed by atoms with E-state index in [1.54, 1.807) is 13.2 Å². The van der Waals surface area contributed by atoms with Crippen LogP contribution in [0.3, 0.4) is 0 Å². The van der Waals surface area contributed by atoms with E-state index in [-0.39, 0.29) is 18.6 Å². The average Bonchev–Trinajstić information content (AvgIpc) is 2.30. The van der Waals surface area contributed by atoms with Gasteiger partial charge in [0.15, 0.2) is 0 Å². The minimum Gasteiger partial charge on any atom is -0.497 e. The highest BCUT2D eigenvalue weighted by Crippen LogP contribution is 2.25. The van der Waals surface area contributed by atoms with E-state index < -0.39 is 0 Å². The number of hydrogen-bond acceptors (Lipinski definition) is 4. The molecule has 0 radical (unpaired) electrons. The van der Waals surface area contributed by atoms with Gasteiger partial charge < -0.3 is 20.9 Å². The van der Waals surface area contributed by atoms with Gasteiger partial charge in [-0.2, -0.15) is 0 Å². The Balaban J connectivity index is 2.79. The zero-order chi connectivity index (χ0) is 12.1. The number of benzene rings is 1. The van der Waals surface area contributed by atoms with Gasteiger partial charge in [-0.15, -0.1) is 0 Å². The maximum absolute atomic E-state index is 9.06. The van der Waals surface area contributed by atoms with Crippen molar-refractivity contribution < 1.29 is 9.84 Å². The average molecular weight is 224 g/mol. The Bertz CT molecular complexity index is 342. The van der Waals surface area contributed by atoms with Gasteiger partial charge in [-0.25, -0.2) is 0 Å². The monoisotopic (exact) mass is 224 g/mol. The summed E-state index contributed by atoms with van der Waals surface area (Å²) in [4.78, 5) is 0. The summed E-state index contributed by atoms with van der Waals surface area (Å²) in [7, 11) is 1.62. The minimum absolute atomic E-state index is 0.151. The second kappa shape index (κ2) is 5.61. The number of aliphatic hydroxyl groups excluding tert-OH is 1. The molecule has 0 saturated heterocycles. The Kier molecular flexibility index (Phi) is 4.43. The Labute approximate surface area is 96.4 Å². The third kappa shape index (κ3) is 3.03. The maximum atomic E-state index is 9.06. The Morgan fingerprint density at radius 1 is 1.44 bits per heavy atom. The van der Waals surface area contributed by atoms with Gasteiger partial charge in [-0.05, 0) is 25.0 Å². The number of methoxy groups -OCH3 is 1. The molecule has 0 heterocycles. The van der Waals surface area contributed by atoms with Crippen molar-refractivity contribution in [2.75, 3.05) is 24.8 Å². The smallest absolute Gasteiger partial charge is 0.121 e. The third-order valence-corrected chi connectivity index (χ3v) is 2.79. The fraction of sp³-hybridized carbons (Fsp3) is 0.500. The topological polar surface area (TPSA) is 67.5 Å². The minimum atomic E-state index is 0.151. The second-order valence-electron chi connectivity index (χ2n) is 4.05. The summed E-state index contributed by atoms with van der Waals surface area (Å²) < 4.78 is 5.13. The number of aliphatic hydroxyl groups is 1. The van der Waals surface area contributed by atoms with Crippen LogP contribution in [0.5, 0.6) is 5.75 Å².